The van der Waals surface area contributed by atoms with Gasteiger partial charge in [-0.25, -0.2) is 9.38 Å². The molecule has 0 unspecified atom stereocenters. The highest BCUT2D eigenvalue weighted by molar-refractivity contribution is 6.04. The molecule has 0 aliphatic heterocycles. The summed E-state index contributed by atoms with van der Waals surface area (Å²) in [4.78, 5) is 21.2. The minimum atomic E-state index is -0.448. The molecule has 8 heteroatoms. The van der Waals surface area contributed by atoms with E-state index in [1.165, 1.54) is 12.1 Å². The molecular formula is C29H31FN4O3. The topological polar surface area (TPSA) is 84.3 Å². The number of methoxy groups -OCH3 is 2. The third-order valence-corrected chi connectivity index (χ3v) is 5.62. The van der Waals surface area contributed by atoms with Crippen molar-refractivity contribution in [2.45, 2.75) is 26.8 Å². The second-order valence-electron chi connectivity index (χ2n) is 8.43. The van der Waals surface area contributed by atoms with E-state index in [0.717, 1.165) is 16.8 Å². The Labute approximate surface area is 216 Å². The van der Waals surface area contributed by atoms with E-state index in [4.69, 9.17) is 14.5 Å². The molecule has 0 spiro atoms. The molecular weight excluding hydrogens is 471 g/mol. The number of carbonyl (C=O) groups is 1. The Hall–Kier alpha value is -4.46. The summed E-state index contributed by atoms with van der Waals surface area (Å²) in [7, 11) is 3.17. The normalized spacial score (nSPS) is 12.5. The Morgan fingerprint density at radius 2 is 1.78 bits per heavy atom. The molecule has 192 valence electrons. The van der Waals surface area contributed by atoms with Crippen molar-refractivity contribution in [3.63, 3.8) is 0 Å². The van der Waals surface area contributed by atoms with Crippen LogP contribution in [0.2, 0.25) is 0 Å². The smallest absolute Gasteiger partial charge is 0.255 e. The van der Waals surface area contributed by atoms with Crippen LogP contribution in [-0.4, -0.2) is 32.6 Å². The number of ether oxygens (including phenoxy) is 2. The fourth-order valence-electron chi connectivity index (χ4n) is 3.75. The Morgan fingerprint density at radius 3 is 2.46 bits per heavy atom. The average molecular weight is 503 g/mol. The number of aryl methyl sites for hydroxylation is 1. The van der Waals surface area contributed by atoms with Crippen LogP contribution in [0.1, 0.15) is 46.9 Å². The van der Waals surface area contributed by atoms with Gasteiger partial charge in [0.25, 0.3) is 5.91 Å². The van der Waals surface area contributed by atoms with Gasteiger partial charge in [-0.1, -0.05) is 12.1 Å². The highest BCUT2D eigenvalue weighted by Gasteiger charge is 2.12. The summed E-state index contributed by atoms with van der Waals surface area (Å²) >= 11 is 0. The summed E-state index contributed by atoms with van der Waals surface area (Å²) < 4.78 is 24.4. The van der Waals surface area contributed by atoms with Gasteiger partial charge < -0.3 is 20.1 Å². The first kappa shape index (κ1) is 27.1. The van der Waals surface area contributed by atoms with Crippen LogP contribution in [0.3, 0.4) is 0 Å². The molecule has 0 fully saturated rings. The molecule has 0 saturated carbocycles. The molecule has 3 rings (SSSR count). The lowest BCUT2D eigenvalue weighted by atomic mass is 10.1. The number of nitrogens with one attached hydrogen (secondary N) is 2. The predicted octanol–water partition coefficient (Wildman–Crippen LogP) is 6.06. The summed E-state index contributed by atoms with van der Waals surface area (Å²) in [6.45, 7) is 9.15. The molecule has 0 aliphatic rings. The van der Waals surface area contributed by atoms with Crippen molar-refractivity contribution in [3.8, 4) is 11.5 Å². The average Bonchev–Trinajstić information content (AvgIpc) is 2.87. The van der Waals surface area contributed by atoms with Crippen LogP contribution >= 0.6 is 0 Å². The van der Waals surface area contributed by atoms with Gasteiger partial charge in [0.2, 0.25) is 0 Å². The lowest BCUT2D eigenvalue weighted by molar-refractivity contribution is 0.102. The summed E-state index contributed by atoms with van der Waals surface area (Å²) in [5.74, 6) is 0.923. The number of rotatable bonds is 10. The van der Waals surface area contributed by atoms with E-state index in [0.29, 0.717) is 28.6 Å². The lowest BCUT2D eigenvalue weighted by Gasteiger charge is -2.17. The van der Waals surface area contributed by atoms with E-state index in [1.54, 1.807) is 39.5 Å². The Balaban J connectivity index is 1.77. The molecule has 3 aromatic rings. The van der Waals surface area contributed by atoms with E-state index in [9.17, 15) is 9.18 Å². The van der Waals surface area contributed by atoms with E-state index in [2.05, 4.69) is 22.3 Å². The third kappa shape index (κ3) is 7.27. The van der Waals surface area contributed by atoms with Gasteiger partial charge >= 0.3 is 0 Å². The molecule has 0 heterocycles. The number of benzene rings is 3. The maximum Gasteiger partial charge on any atom is 0.255 e. The second-order valence-corrected chi connectivity index (χ2v) is 8.43. The molecule has 0 aliphatic carbocycles. The van der Waals surface area contributed by atoms with Gasteiger partial charge in [-0.3, -0.25) is 9.79 Å². The Bertz CT molecular complexity index is 1330. The van der Waals surface area contributed by atoms with Gasteiger partial charge in [0.15, 0.2) is 11.5 Å². The number of anilines is 1. The summed E-state index contributed by atoms with van der Waals surface area (Å²) in [5.41, 5.74) is 4.03. The van der Waals surface area contributed by atoms with Crippen molar-refractivity contribution in [1.29, 1.82) is 0 Å². The number of hydrogen-bond acceptors (Lipinski definition) is 6. The zero-order chi connectivity index (χ0) is 26.9. The number of aliphatic imine (C=N–C) groups is 2. The first-order chi connectivity index (χ1) is 17.7. The zero-order valence-electron chi connectivity index (χ0n) is 21.6. The first-order valence-electron chi connectivity index (χ1n) is 11.6. The summed E-state index contributed by atoms with van der Waals surface area (Å²) in [5, 5.41) is 6.17. The Kier molecular flexibility index (Phi) is 9.16. The molecule has 0 bridgehead atoms. The highest BCUT2D eigenvalue weighted by atomic mass is 19.1. The van der Waals surface area contributed by atoms with Crippen LogP contribution in [0, 0.1) is 12.7 Å². The van der Waals surface area contributed by atoms with Gasteiger partial charge in [0.05, 0.1) is 26.5 Å². The summed E-state index contributed by atoms with van der Waals surface area (Å²) in [6, 6.07) is 17.0. The fraction of sp³-hybridized carbons (Fsp3) is 0.207. The first-order valence-corrected chi connectivity index (χ1v) is 11.6. The summed E-state index contributed by atoms with van der Waals surface area (Å²) in [6.07, 6.45) is 1.54. The van der Waals surface area contributed by atoms with Gasteiger partial charge in [-0.15, -0.1) is 0 Å². The van der Waals surface area contributed by atoms with Crippen LogP contribution in [0.25, 0.3) is 0 Å². The molecule has 0 aromatic heterocycles. The van der Waals surface area contributed by atoms with Crippen molar-refractivity contribution in [2.75, 3.05) is 19.5 Å². The minimum absolute atomic E-state index is 0.178. The van der Waals surface area contributed by atoms with Crippen LogP contribution < -0.4 is 20.1 Å². The van der Waals surface area contributed by atoms with Crippen LogP contribution in [0.15, 0.2) is 82.7 Å². The monoisotopic (exact) mass is 502 g/mol. The van der Waals surface area contributed by atoms with Crippen molar-refractivity contribution in [2.24, 2.45) is 9.98 Å². The number of carbonyl (C=O) groups excluding carboxylic acids is 1. The molecule has 0 radical (unpaired) electrons. The quantitative estimate of drug-likeness (QED) is 0.330. The maximum atomic E-state index is 13.7. The van der Waals surface area contributed by atoms with Crippen LogP contribution in [-0.2, 0) is 0 Å². The number of halogens is 1. The van der Waals surface area contributed by atoms with Crippen LogP contribution in [0.4, 0.5) is 10.1 Å². The number of nitrogens with zero attached hydrogens (tertiary/aromatic N) is 2. The fourth-order valence-corrected chi connectivity index (χ4v) is 3.75. The van der Waals surface area contributed by atoms with Crippen LogP contribution in [0.5, 0.6) is 11.5 Å². The number of hydrogen-bond donors (Lipinski definition) is 2. The van der Waals surface area contributed by atoms with Gasteiger partial charge in [-0.05, 0) is 92.7 Å². The van der Waals surface area contributed by atoms with Crippen molar-refractivity contribution < 1.29 is 18.7 Å². The molecule has 3 aromatic carbocycles. The molecule has 7 nitrogen and oxygen atoms in total. The predicted molar refractivity (Wildman–Crippen MR) is 146 cm³/mol. The standard InChI is InChI=1S/C29H31FN4O3/c1-18-12-23(14-24(30)13-18)29(35)34-25-9-7-8-21(15-25)19(2)32-28(17-31-4)33-20(3)22-10-11-26(36-5)27(16-22)37-6/h7-17,19,32H,4H2,1-3,5-6H3,(H,34,35)/b28-17-,33-20+/t19-/m0/s1. The van der Waals surface area contributed by atoms with Gasteiger partial charge in [0, 0.05) is 17.0 Å². The largest absolute Gasteiger partial charge is 0.493 e. The van der Waals surface area contributed by atoms with E-state index in [1.807, 2.05) is 50.2 Å². The highest BCUT2D eigenvalue weighted by Crippen LogP contribution is 2.28. The molecule has 2 N–H and O–H groups in total. The second kappa shape index (κ2) is 12.5. The van der Waals surface area contributed by atoms with Crippen molar-refractivity contribution in [1.82, 2.24) is 5.32 Å². The van der Waals surface area contributed by atoms with Gasteiger partial charge in [-0.2, -0.15) is 0 Å². The lowest BCUT2D eigenvalue weighted by Crippen LogP contribution is -2.18. The van der Waals surface area contributed by atoms with Crippen molar-refractivity contribution in [3.05, 3.63) is 101 Å². The maximum absolute atomic E-state index is 13.7. The molecule has 0 saturated heterocycles. The Morgan fingerprint density at radius 1 is 1.03 bits per heavy atom. The third-order valence-electron chi connectivity index (χ3n) is 5.62. The SMILES string of the molecule is C=N/C=C(\N=C(/C)c1ccc(OC)c(OC)c1)N[C@@H](C)c1cccc(NC(=O)c2cc(C)cc(F)c2)c1. The van der Waals surface area contributed by atoms with E-state index in [-0.39, 0.29) is 17.5 Å². The molecule has 37 heavy (non-hydrogen) atoms. The zero-order valence-corrected chi connectivity index (χ0v) is 21.6. The minimum Gasteiger partial charge on any atom is -0.493 e. The van der Waals surface area contributed by atoms with Gasteiger partial charge in [0.1, 0.15) is 11.6 Å². The van der Waals surface area contributed by atoms with E-state index < -0.39 is 5.82 Å². The number of amides is 1. The molecule has 1 atom stereocenters. The van der Waals surface area contributed by atoms with E-state index >= 15 is 0 Å². The molecule has 1 amide bonds. The van der Waals surface area contributed by atoms with Crippen molar-refractivity contribution >= 4 is 24.0 Å².